The molecule has 2 heterocycles. The van der Waals surface area contributed by atoms with E-state index in [0.29, 0.717) is 0 Å². The van der Waals surface area contributed by atoms with Gasteiger partial charge in [0.25, 0.3) is 0 Å². The van der Waals surface area contributed by atoms with Gasteiger partial charge in [-0.1, -0.05) is 35.0 Å². The molecular formula is C16H21N3O. The quantitative estimate of drug-likeness (QED) is 0.908. The first-order valence-electron chi connectivity index (χ1n) is 7.37. The summed E-state index contributed by atoms with van der Waals surface area (Å²) in [7, 11) is 0. The van der Waals surface area contributed by atoms with Gasteiger partial charge in [-0.05, 0) is 44.3 Å². The maximum absolute atomic E-state index is 5.34. The molecule has 0 saturated carbocycles. The zero-order chi connectivity index (χ0) is 13.8. The molecule has 1 unspecified atom stereocenters. The molecule has 1 atom stereocenters. The summed E-state index contributed by atoms with van der Waals surface area (Å²) in [5.74, 6) is 2.33. The molecule has 1 aromatic carbocycles. The summed E-state index contributed by atoms with van der Waals surface area (Å²) in [5, 5.41) is 7.46. The lowest BCUT2D eigenvalue weighted by Crippen LogP contribution is -2.09. The van der Waals surface area contributed by atoms with E-state index >= 15 is 0 Å². The zero-order valence-corrected chi connectivity index (χ0v) is 11.9. The van der Waals surface area contributed by atoms with E-state index in [1.807, 2.05) is 0 Å². The second-order valence-corrected chi connectivity index (χ2v) is 5.66. The van der Waals surface area contributed by atoms with Gasteiger partial charge in [-0.2, -0.15) is 4.98 Å². The zero-order valence-electron chi connectivity index (χ0n) is 11.9. The molecule has 0 radical (unpaired) electrons. The highest BCUT2D eigenvalue weighted by atomic mass is 16.5. The number of nitrogens with one attached hydrogen (secondary N) is 1. The van der Waals surface area contributed by atoms with Crippen LogP contribution in [0.5, 0.6) is 0 Å². The van der Waals surface area contributed by atoms with Crippen molar-refractivity contribution in [3.8, 4) is 0 Å². The van der Waals surface area contributed by atoms with E-state index in [-0.39, 0.29) is 0 Å². The van der Waals surface area contributed by atoms with Crippen molar-refractivity contribution in [3.63, 3.8) is 0 Å². The third-order valence-corrected chi connectivity index (χ3v) is 3.92. The Hall–Kier alpha value is -1.68. The lowest BCUT2D eigenvalue weighted by atomic mass is 10.0. The van der Waals surface area contributed by atoms with Crippen molar-refractivity contribution < 1.29 is 4.52 Å². The SMILES string of the molecule is Cc1ccc(Cc2noc(CCC3CCNC3)n2)cc1. The molecule has 0 amide bonds. The molecule has 0 aliphatic carbocycles. The molecule has 20 heavy (non-hydrogen) atoms. The Morgan fingerprint density at radius 2 is 2.15 bits per heavy atom. The number of hydrogen-bond donors (Lipinski definition) is 1. The second kappa shape index (κ2) is 6.18. The van der Waals surface area contributed by atoms with Crippen molar-refractivity contribution in [2.45, 2.75) is 32.6 Å². The van der Waals surface area contributed by atoms with Gasteiger partial charge in [0.15, 0.2) is 5.82 Å². The van der Waals surface area contributed by atoms with Crippen LogP contribution in [0.4, 0.5) is 0 Å². The normalized spacial score (nSPS) is 18.6. The summed E-state index contributed by atoms with van der Waals surface area (Å²) in [6.45, 7) is 4.37. The van der Waals surface area contributed by atoms with Crippen LogP contribution in [0.25, 0.3) is 0 Å². The van der Waals surface area contributed by atoms with Crippen LogP contribution in [0, 0.1) is 12.8 Å². The van der Waals surface area contributed by atoms with Gasteiger partial charge >= 0.3 is 0 Å². The number of rotatable bonds is 5. The Morgan fingerprint density at radius 3 is 2.90 bits per heavy atom. The van der Waals surface area contributed by atoms with Crippen LogP contribution in [0.1, 0.15) is 35.7 Å². The fourth-order valence-electron chi connectivity index (χ4n) is 2.64. The molecule has 1 aromatic heterocycles. The molecule has 1 aliphatic rings. The van der Waals surface area contributed by atoms with E-state index in [4.69, 9.17) is 4.52 Å². The van der Waals surface area contributed by atoms with Crippen LogP contribution in [-0.4, -0.2) is 23.2 Å². The van der Waals surface area contributed by atoms with E-state index in [0.717, 1.165) is 50.0 Å². The van der Waals surface area contributed by atoms with Crippen molar-refractivity contribution in [3.05, 3.63) is 47.1 Å². The lowest BCUT2D eigenvalue weighted by Gasteiger charge is -2.03. The molecule has 1 aliphatic heterocycles. The predicted octanol–water partition coefficient (Wildman–Crippen LogP) is 2.51. The largest absolute Gasteiger partial charge is 0.339 e. The van der Waals surface area contributed by atoms with E-state index in [9.17, 15) is 0 Å². The first-order chi connectivity index (χ1) is 9.79. The summed E-state index contributed by atoms with van der Waals surface area (Å²) in [6.07, 6.45) is 4.05. The predicted molar refractivity (Wildman–Crippen MR) is 77.6 cm³/mol. The van der Waals surface area contributed by atoms with Gasteiger partial charge in [0.2, 0.25) is 5.89 Å². The van der Waals surface area contributed by atoms with Crippen LogP contribution in [-0.2, 0) is 12.8 Å². The average molecular weight is 271 g/mol. The maximum Gasteiger partial charge on any atom is 0.226 e. The summed E-state index contributed by atoms with van der Waals surface area (Å²) in [6, 6.07) is 8.47. The summed E-state index contributed by atoms with van der Waals surface area (Å²) >= 11 is 0. The Morgan fingerprint density at radius 1 is 1.30 bits per heavy atom. The number of aromatic nitrogens is 2. The monoisotopic (exact) mass is 271 g/mol. The Balaban J connectivity index is 1.54. The number of benzene rings is 1. The Labute approximate surface area is 119 Å². The van der Waals surface area contributed by atoms with E-state index in [1.165, 1.54) is 17.5 Å². The standard InChI is InChI=1S/C16H21N3O/c1-12-2-4-13(5-3-12)10-15-18-16(20-19-15)7-6-14-8-9-17-11-14/h2-5,14,17H,6-11H2,1H3. The van der Waals surface area contributed by atoms with Gasteiger partial charge < -0.3 is 9.84 Å². The summed E-state index contributed by atoms with van der Waals surface area (Å²) in [5.41, 5.74) is 2.50. The molecule has 1 saturated heterocycles. The highest BCUT2D eigenvalue weighted by molar-refractivity contribution is 5.23. The van der Waals surface area contributed by atoms with E-state index in [1.54, 1.807) is 0 Å². The molecule has 0 bridgehead atoms. The van der Waals surface area contributed by atoms with Gasteiger partial charge in [0.1, 0.15) is 0 Å². The number of nitrogens with zero attached hydrogens (tertiary/aromatic N) is 2. The van der Waals surface area contributed by atoms with Crippen LogP contribution in [0.3, 0.4) is 0 Å². The smallest absolute Gasteiger partial charge is 0.226 e. The van der Waals surface area contributed by atoms with Gasteiger partial charge in [0.05, 0.1) is 0 Å². The van der Waals surface area contributed by atoms with Crippen molar-refractivity contribution >= 4 is 0 Å². The fourth-order valence-corrected chi connectivity index (χ4v) is 2.64. The van der Waals surface area contributed by atoms with Crippen LogP contribution >= 0.6 is 0 Å². The highest BCUT2D eigenvalue weighted by Crippen LogP contribution is 2.15. The summed E-state index contributed by atoms with van der Waals surface area (Å²) < 4.78 is 5.34. The molecule has 4 heteroatoms. The number of aryl methyl sites for hydroxylation is 2. The molecule has 106 valence electrons. The second-order valence-electron chi connectivity index (χ2n) is 5.66. The third-order valence-electron chi connectivity index (χ3n) is 3.92. The van der Waals surface area contributed by atoms with Gasteiger partial charge in [-0.15, -0.1) is 0 Å². The lowest BCUT2D eigenvalue weighted by molar-refractivity contribution is 0.361. The molecule has 1 fully saturated rings. The molecule has 1 N–H and O–H groups in total. The van der Waals surface area contributed by atoms with Gasteiger partial charge in [-0.3, -0.25) is 0 Å². The topological polar surface area (TPSA) is 51.0 Å². The minimum absolute atomic E-state index is 0.745. The molecule has 0 spiro atoms. The third kappa shape index (κ3) is 3.45. The highest BCUT2D eigenvalue weighted by Gasteiger charge is 2.16. The van der Waals surface area contributed by atoms with Crippen molar-refractivity contribution in [1.82, 2.24) is 15.5 Å². The van der Waals surface area contributed by atoms with Crippen LogP contribution < -0.4 is 5.32 Å². The van der Waals surface area contributed by atoms with E-state index < -0.39 is 0 Å². The Kier molecular flexibility index (Phi) is 4.11. The fraction of sp³-hybridized carbons (Fsp3) is 0.500. The van der Waals surface area contributed by atoms with Crippen LogP contribution in [0.15, 0.2) is 28.8 Å². The average Bonchev–Trinajstić information content (AvgIpc) is 3.10. The molecule has 2 aromatic rings. The van der Waals surface area contributed by atoms with Gasteiger partial charge in [0, 0.05) is 12.8 Å². The summed E-state index contributed by atoms with van der Waals surface area (Å²) in [4.78, 5) is 4.49. The maximum atomic E-state index is 5.34. The first kappa shape index (κ1) is 13.3. The molecule has 4 nitrogen and oxygen atoms in total. The van der Waals surface area contributed by atoms with Crippen LogP contribution in [0.2, 0.25) is 0 Å². The van der Waals surface area contributed by atoms with Crippen molar-refractivity contribution in [2.24, 2.45) is 5.92 Å². The molecule has 3 rings (SSSR count). The van der Waals surface area contributed by atoms with E-state index in [2.05, 4.69) is 46.6 Å². The van der Waals surface area contributed by atoms with Crippen molar-refractivity contribution in [2.75, 3.05) is 13.1 Å². The van der Waals surface area contributed by atoms with Crippen molar-refractivity contribution in [1.29, 1.82) is 0 Å². The minimum Gasteiger partial charge on any atom is -0.339 e. The minimum atomic E-state index is 0.745. The molecular weight excluding hydrogens is 250 g/mol. The number of hydrogen-bond acceptors (Lipinski definition) is 4. The van der Waals surface area contributed by atoms with Gasteiger partial charge in [-0.25, -0.2) is 0 Å². The first-order valence-corrected chi connectivity index (χ1v) is 7.37. The Bertz CT molecular complexity index is 541.